The minimum absolute atomic E-state index is 0.229. The Labute approximate surface area is 136 Å². The van der Waals surface area contributed by atoms with Crippen molar-refractivity contribution in [3.05, 3.63) is 48.0 Å². The van der Waals surface area contributed by atoms with Crippen molar-refractivity contribution in [3.63, 3.8) is 0 Å². The van der Waals surface area contributed by atoms with Gasteiger partial charge >= 0.3 is 0 Å². The first-order valence-corrected chi connectivity index (χ1v) is 8.95. The predicted molar refractivity (Wildman–Crippen MR) is 95.7 cm³/mol. The maximum atomic E-state index is 11.7. The second-order valence-corrected chi connectivity index (χ2v) is 6.80. The van der Waals surface area contributed by atoms with E-state index in [0.717, 1.165) is 23.6 Å². The van der Waals surface area contributed by atoms with Crippen LogP contribution in [0, 0.1) is 0 Å². The number of benzene rings is 2. The van der Waals surface area contributed by atoms with Crippen molar-refractivity contribution >= 4 is 33.4 Å². The van der Waals surface area contributed by atoms with E-state index in [1.165, 1.54) is 16.3 Å². The third-order valence-corrected chi connectivity index (χ3v) is 5.16. The molecule has 3 rings (SSSR count). The van der Waals surface area contributed by atoms with Crippen molar-refractivity contribution in [3.8, 4) is 0 Å². The number of thioether (sulfide) groups is 1. The van der Waals surface area contributed by atoms with Crippen molar-refractivity contribution in [1.29, 1.82) is 0 Å². The molecular weight excluding hydrogens is 290 g/mol. The highest BCUT2D eigenvalue weighted by atomic mass is 32.2. The molecule has 0 fully saturated rings. The van der Waals surface area contributed by atoms with E-state index in [9.17, 15) is 4.79 Å². The highest BCUT2D eigenvalue weighted by Crippen LogP contribution is 2.35. The Balaban J connectivity index is 1.74. The molecule has 0 spiro atoms. The van der Waals surface area contributed by atoms with E-state index in [4.69, 9.17) is 4.99 Å². The van der Waals surface area contributed by atoms with E-state index in [1.807, 2.05) is 11.8 Å². The quantitative estimate of drug-likeness (QED) is 0.736. The molecule has 0 aliphatic carbocycles. The van der Waals surface area contributed by atoms with Gasteiger partial charge in [0.25, 0.3) is 0 Å². The summed E-state index contributed by atoms with van der Waals surface area (Å²) in [6.07, 6.45) is 3.09. The van der Waals surface area contributed by atoms with Gasteiger partial charge in [-0.3, -0.25) is 9.79 Å². The Morgan fingerprint density at radius 2 is 2.00 bits per heavy atom. The number of aliphatic imine (C=N–C) groups is 1. The Bertz CT molecular complexity index is 702. The summed E-state index contributed by atoms with van der Waals surface area (Å²) in [5, 5.41) is 3.71. The Hall–Kier alpha value is -1.61. The molecule has 1 aliphatic rings. The number of Topliss-reactive ketones (excluding diaryl/α,β-unsaturated/α-hetero) is 1. The number of hydrogen-bond donors (Lipinski definition) is 0. The van der Waals surface area contributed by atoms with Gasteiger partial charge in [0.2, 0.25) is 0 Å². The summed E-state index contributed by atoms with van der Waals surface area (Å²) in [4.78, 5) is 16.5. The van der Waals surface area contributed by atoms with E-state index in [1.54, 1.807) is 0 Å². The molecule has 0 bridgehead atoms. The number of carbonyl (C=O) groups is 1. The maximum Gasteiger partial charge on any atom is 0.133 e. The van der Waals surface area contributed by atoms with E-state index in [2.05, 4.69) is 49.4 Å². The summed E-state index contributed by atoms with van der Waals surface area (Å²) >= 11 is 1.81. The lowest BCUT2D eigenvalue weighted by Crippen LogP contribution is -1.99. The van der Waals surface area contributed by atoms with Crippen LogP contribution in [0.4, 0.5) is 0 Å². The van der Waals surface area contributed by atoms with Gasteiger partial charge in [0.1, 0.15) is 5.78 Å². The zero-order valence-electron chi connectivity index (χ0n) is 12.9. The largest absolute Gasteiger partial charge is 0.300 e. The minimum Gasteiger partial charge on any atom is -0.300 e. The first-order valence-electron chi connectivity index (χ1n) is 7.96. The SMILES string of the molecule is CCCC(=O)CCC1=NC(c2cccc3ccccc23)CS1. The summed E-state index contributed by atoms with van der Waals surface area (Å²) < 4.78 is 0. The molecule has 2 aromatic rings. The Morgan fingerprint density at radius 3 is 2.86 bits per heavy atom. The lowest BCUT2D eigenvalue weighted by Gasteiger charge is -2.10. The van der Waals surface area contributed by atoms with Crippen molar-refractivity contribution in [2.75, 3.05) is 5.75 Å². The van der Waals surface area contributed by atoms with Crippen molar-refractivity contribution in [2.45, 2.75) is 38.6 Å². The second kappa shape index (κ2) is 7.10. The molecule has 22 heavy (non-hydrogen) atoms. The highest BCUT2D eigenvalue weighted by molar-refractivity contribution is 8.14. The normalized spacial score (nSPS) is 17.7. The molecule has 0 amide bonds. The fraction of sp³-hybridized carbons (Fsp3) is 0.368. The predicted octanol–water partition coefficient (Wildman–Crippen LogP) is 5.18. The third kappa shape index (κ3) is 3.41. The second-order valence-electron chi connectivity index (χ2n) is 5.71. The van der Waals surface area contributed by atoms with E-state index in [-0.39, 0.29) is 6.04 Å². The fourth-order valence-corrected chi connectivity index (χ4v) is 3.96. The first kappa shape index (κ1) is 15.3. The molecule has 0 saturated heterocycles. The molecule has 3 heteroatoms. The molecule has 2 nitrogen and oxygen atoms in total. The Morgan fingerprint density at radius 1 is 1.18 bits per heavy atom. The van der Waals surface area contributed by atoms with Crippen LogP contribution in [0.25, 0.3) is 10.8 Å². The Kier molecular flexibility index (Phi) is 4.94. The highest BCUT2D eigenvalue weighted by Gasteiger charge is 2.21. The molecule has 1 aliphatic heterocycles. The number of rotatable bonds is 6. The number of hydrogen-bond acceptors (Lipinski definition) is 3. The molecule has 1 unspecified atom stereocenters. The third-order valence-electron chi connectivity index (χ3n) is 4.04. The lowest BCUT2D eigenvalue weighted by atomic mass is 10.00. The van der Waals surface area contributed by atoms with E-state index < -0.39 is 0 Å². The summed E-state index contributed by atoms with van der Waals surface area (Å²) in [6, 6.07) is 15.2. The van der Waals surface area contributed by atoms with Crippen molar-refractivity contribution < 1.29 is 4.79 Å². The summed E-state index contributed by atoms with van der Waals surface area (Å²) in [5.41, 5.74) is 1.31. The van der Waals surface area contributed by atoms with Crippen LogP contribution in [-0.2, 0) is 4.79 Å². The van der Waals surface area contributed by atoms with Crippen LogP contribution >= 0.6 is 11.8 Å². The molecule has 0 aromatic heterocycles. The standard InChI is InChI=1S/C19H21NOS/c1-2-6-15(21)11-12-19-20-18(13-22-19)17-10-5-8-14-7-3-4-9-16(14)17/h3-5,7-10,18H,2,6,11-13H2,1H3. The molecule has 1 atom stereocenters. The zero-order valence-corrected chi connectivity index (χ0v) is 13.7. The van der Waals surface area contributed by atoms with Gasteiger partial charge in [-0.15, -0.1) is 11.8 Å². The number of carbonyl (C=O) groups excluding carboxylic acids is 1. The number of nitrogens with zero attached hydrogens (tertiary/aromatic N) is 1. The van der Waals surface area contributed by atoms with Gasteiger partial charge < -0.3 is 0 Å². The van der Waals surface area contributed by atoms with Crippen LogP contribution in [0.2, 0.25) is 0 Å². The van der Waals surface area contributed by atoms with Crippen molar-refractivity contribution in [2.24, 2.45) is 4.99 Å². The van der Waals surface area contributed by atoms with E-state index >= 15 is 0 Å². The lowest BCUT2D eigenvalue weighted by molar-refractivity contribution is -0.118. The fourth-order valence-electron chi connectivity index (χ4n) is 2.91. The molecule has 2 aromatic carbocycles. The van der Waals surface area contributed by atoms with Gasteiger partial charge in [-0.25, -0.2) is 0 Å². The van der Waals surface area contributed by atoms with Crippen LogP contribution in [0.3, 0.4) is 0 Å². The molecule has 0 N–H and O–H groups in total. The smallest absolute Gasteiger partial charge is 0.133 e. The summed E-state index contributed by atoms with van der Waals surface area (Å²) in [6.45, 7) is 2.05. The van der Waals surface area contributed by atoms with Crippen LogP contribution in [0.15, 0.2) is 47.5 Å². The topological polar surface area (TPSA) is 29.4 Å². The molecule has 0 saturated carbocycles. The molecule has 0 radical (unpaired) electrons. The molecule has 114 valence electrons. The molecular formula is C19H21NOS. The summed E-state index contributed by atoms with van der Waals surface area (Å²) in [5.74, 6) is 1.35. The number of ketones is 1. The maximum absolute atomic E-state index is 11.7. The van der Waals surface area contributed by atoms with E-state index in [0.29, 0.717) is 18.6 Å². The van der Waals surface area contributed by atoms with Gasteiger partial charge in [-0.05, 0) is 22.8 Å². The zero-order chi connectivity index (χ0) is 15.4. The van der Waals surface area contributed by atoms with Gasteiger partial charge in [0, 0.05) is 25.0 Å². The average molecular weight is 311 g/mol. The van der Waals surface area contributed by atoms with Gasteiger partial charge in [-0.2, -0.15) is 0 Å². The van der Waals surface area contributed by atoms with Crippen molar-refractivity contribution in [1.82, 2.24) is 0 Å². The number of fused-ring (bicyclic) bond motifs is 1. The average Bonchev–Trinajstić information content (AvgIpc) is 3.01. The van der Waals surface area contributed by atoms with Crippen LogP contribution in [-0.4, -0.2) is 16.6 Å². The van der Waals surface area contributed by atoms with Crippen LogP contribution in [0.5, 0.6) is 0 Å². The first-order chi connectivity index (χ1) is 10.8. The van der Waals surface area contributed by atoms with Gasteiger partial charge in [0.05, 0.1) is 11.1 Å². The van der Waals surface area contributed by atoms with Crippen LogP contribution < -0.4 is 0 Å². The van der Waals surface area contributed by atoms with Gasteiger partial charge in [-0.1, -0.05) is 49.4 Å². The monoisotopic (exact) mass is 311 g/mol. The molecule has 1 heterocycles. The van der Waals surface area contributed by atoms with Crippen LogP contribution in [0.1, 0.15) is 44.2 Å². The summed E-state index contributed by atoms with van der Waals surface area (Å²) in [7, 11) is 0. The minimum atomic E-state index is 0.229. The van der Waals surface area contributed by atoms with Gasteiger partial charge in [0.15, 0.2) is 0 Å².